The topological polar surface area (TPSA) is 48.1 Å². The van der Waals surface area contributed by atoms with E-state index in [1.165, 1.54) is 41.6 Å². The van der Waals surface area contributed by atoms with Crippen LogP contribution in [0.4, 0.5) is 17.1 Å². The number of nitrogens with zero attached hydrogens (tertiary/aromatic N) is 3. The van der Waals surface area contributed by atoms with Crippen molar-refractivity contribution in [1.82, 2.24) is 4.90 Å². The number of anilines is 3. The molecule has 0 atom stereocenters. The predicted octanol–water partition coefficient (Wildman–Crippen LogP) is 6.82. The number of hydrogen-bond acceptors (Lipinski definition) is 5. The summed E-state index contributed by atoms with van der Waals surface area (Å²) < 4.78 is 5.51. The molecule has 3 aromatic rings. The molecule has 220 valence electrons. The number of amides is 1. The van der Waals surface area contributed by atoms with Crippen LogP contribution in [0.3, 0.4) is 0 Å². The van der Waals surface area contributed by atoms with E-state index in [0.717, 1.165) is 74.7 Å². The van der Waals surface area contributed by atoms with E-state index in [1.54, 1.807) is 0 Å². The lowest BCUT2D eigenvalue weighted by Gasteiger charge is -2.31. The fourth-order valence-corrected chi connectivity index (χ4v) is 6.51. The summed E-state index contributed by atoms with van der Waals surface area (Å²) in [5.74, 6) is -0.0281. The third kappa shape index (κ3) is 6.71. The highest BCUT2D eigenvalue weighted by Gasteiger charge is 2.20. The highest BCUT2D eigenvalue weighted by Crippen LogP contribution is 2.33. The summed E-state index contributed by atoms with van der Waals surface area (Å²) in [6.45, 7) is 5.70. The van der Waals surface area contributed by atoms with Crippen LogP contribution in [0.25, 0.3) is 17.2 Å². The molecule has 1 amide bonds. The van der Waals surface area contributed by atoms with E-state index in [-0.39, 0.29) is 5.91 Å². The summed E-state index contributed by atoms with van der Waals surface area (Å²) in [5, 5.41) is 3.15. The Balaban J connectivity index is 1.14. The molecule has 0 unspecified atom stereocenters. The molecule has 0 bridgehead atoms. The molecule has 0 aromatic heterocycles. The van der Waals surface area contributed by atoms with Crippen molar-refractivity contribution in [2.24, 2.45) is 0 Å². The maximum atomic E-state index is 13.4. The largest absolute Gasteiger partial charge is 0.381 e. The van der Waals surface area contributed by atoms with Crippen LogP contribution in [-0.4, -0.2) is 63.8 Å². The Morgan fingerprint density at radius 2 is 1.62 bits per heavy atom. The van der Waals surface area contributed by atoms with Gasteiger partial charge in [-0.2, -0.15) is 0 Å². The van der Waals surface area contributed by atoms with Gasteiger partial charge in [-0.05, 0) is 110 Å². The van der Waals surface area contributed by atoms with Crippen LogP contribution in [0.2, 0.25) is 0 Å². The van der Waals surface area contributed by atoms with E-state index in [2.05, 4.69) is 94.8 Å². The van der Waals surface area contributed by atoms with Gasteiger partial charge in [-0.25, -0.2) is 0 Å². The molecule has 3 aromatic carbocycles. The summed E-state index contributed by atoms with van der Waals surface area (Å²) >= 11 is 0. The van der Waals surface area contributed by atoms with E-state index in [4.69, 9.17) is 4.74 Å². The second-order valence-electron chi connectivity index (χ2n) is 12.1. The van der Waals surface area contributed by atoms with Crippen LogP contribution in [0.5, 0.6) is 0 Å². The molecule has 6 rings (SSSR count). The van der Waals surface area contributed by atoms with Crippen molar-refractivity contribution < 1.29 is 9.53 Å². The van der Waals surface area contributed by atoms with Crippen molar-refractivity contribution in [3.63, 3.8) is 0 Å². The molecule has 0 saturated carbocycles. The lowest BCUT2D eigenvalue weighted by molar-refractivity contribution is -0.112. The molecule has 6 nitrogen and oxygen atoms in total. The summed E-state index contributed by atoms with van der Waals surface area (Å²) in [7, 11) is 4.30. The summed E-state index contributed by atoms with van der Waals surface area (Å²) in [6, 6.07) is 24.4. The number of piperidine rings is 1. The molecule has 3 aliphatic rings. The number of nitrogens with one attached hydrogen (secondary N) is 1. The number of benzene rings is 3. The minimum atomic E-state index is -0.0281. The number of ether oxygens (including phenoxy) is 1. The van der Waals surface area contributed by atoms with Gasteiger partial charge in [0.2, 0.25) is 0 Å². The first-order valence-electron chi connectivity index (χ1n) is 15.6. The number of carbonyl (C=O) groups is 1. The van der Waals surface area contributed by atoms with Crippen molar-refractivity contribution >= 4 is 29.0 Å². The van der Waals surface area contributed by atoms with Crippen LogP contribution < -0.4 is 15.1 Å². The molecular formula is C36H44N4O2. The van der Waals surface area contributed by atoms with Gasteiger partial charge in [0.1, 0.15) is 0 Å². The quantitative estimate of drug-likeness (QED) is 0.341. The minimum absolute atomic E-state index is 0.0281. The first-order chi connectivity index (χ1) is 20.5. The molecule has 0 radical (unpaired) electrons. The summed E-state index contributed by atoms with van der Waals surface area (Å²) in [4.78, 5) is 20.6. The molecule has 2 saturated heterocycles. The van der Waals surface area contributed by atoms with Crippen LogP contribution in [-0.2, 0) is 16.1 Å². The average molecular weight is 565 g/mol. The smallest absolute Gasteiger partial charge is 0.251 e. The van der Waals surface area contributed by atoms with Crippen molar-refractivity contribution in [3.05, 3.63) is 83.4 Å². The van der Waals surface area contributed by atoms with Gasteiger partial charge in [-0.15, -0.1) is 0 Å². The fraction of sp³-hybridized carbons (Fsp3) is 0.417. The Bertz CT molecular complexity index is 1390. The second kappa shape index (κ2) is 13.1. The number of fused-ring (bicyclic) bond motifs is 1. The van der Waals surface area contributed by atoms with E-state index in [0.29, 0.717) is 12.5 Å². The van der Waals surface area contributed by atoms with Gasteiger partial charge in [-0.3, -0.25) is 9.69 Å². The van der Waals surface area contributed by atoms with Gasteiger partial charge in [0.05, 0.1) is 0 Å². The highest BCUT2D eigenvalue weighted by molar-refractivity contribution is 6.07. The van der Waals surface area contributed by atoms with Crippen molar-refractivity contribution in [2.45, 2.75) is 51.1 Å². The third-order valence-corrected chi connectivity index (χ3v) is 9.16. The van der Waals surface area contributed by atoms with Crippen LogP contribution in [0, 0.1) is 0 Å². The first-order valence-corrected chi connectivity index (χ1v) is 15.6. The van der Waals surface area contributed by atoms with Gasteiger partial charge in [0, 0.05) is 75.1 Å². The van der Waals surface area contributed by atoms with Crippen LogP contribution in [0.15, 0.2) is 72.3 Å². The number of carbonyl (C=O) groups excluding carboxylic acids is 1. The predicted molar refractivity (Wildman–Crippen MR) is 174 cm³/mol. The van der Waals surface area contributed by atoms with Gasteiger partial charge >= 0.3 is 0 Å². The zero-order chi connectivity index (χ0) is 28.9. The van der Waals surface area contributed by atoms with Gasteiger partial charge in [0.15, 0.2) is 0 Å². The summed E-state index contributed by atoms with van der Waals surface area (Å²) in [5.41, 5.74) is 8.82. The molecule has 1 N–H and O–H groups in total. The van der Waals surface area contributed by atoms with E-state index in [9.17, 15) is 4.79 Å². The molecule has 2 fully saturated rings. The van der Waals surface area contributed by atoms with Crippen molar-refractivity contribution in [2.75, 3.05) is 62.1 Å². The molecule has 0 aliphatic carbocycles. The molecule has 3 aliphatic heterocycles. The standard InChI is InChI=1S/C36H44N4O2/c1-38-21-16-30(36(41)37-32-11-6-27(7-12-32)26-39(2)33-17-22-42-23-18-33)25-31-24-29(10-15-35(31)38)28-8-13-34(14-9-28)40-19-4-3-5-20-40/h6-15,24-25,33H,3-5,16-23,26H2,1-2H3,(H,37,41). The van der Waals surface area contributed by atoms with Crippen molar-refractivity contribution in [1.29, 1.82) is 0 Å². The minimum Gasteiger partial charge on any atom is -0.381 e. The average Bonchev–Trinajstić information content (AvgIpc) is 3.21. The Morgan fingerprint density at radius 1 is 0.905 bits per heavy atom. The van der Waals surface area contributed by atoms with Gasteiger partial charge in [0.25, 0.3) is 5.91 Å². The molecule has 42 heavy (non-hydrogen) atoms. The Hall–Kier alpha value is -3.61. The lowest BCUT2D eigenvalue weighted by Crippen LogP contribution is -2.36. The Morgan fingerprint density at radius 3 is 2.36 bits per heavy atom. The fourth-order valence-electron chi connectivity index (χ4n) is 6.51. The molecular weight excluding hydrogens is 520 g/mol. The number of rotatable bonds is 7. The maximum absolute atomic E-state index is 13.4. The normalized spacial score (nSPS) is 17.9. The Labute approximate surface area is 251 Å². The number of hydrogen-bond donors (Lipinski definition) is 1. The SMILES string of the molecule is CN1CCC(C(=O)Nc2ccc(CN(C)C3CCOCC3)cc2)=Cc2cc(-c3ccc(N4CCCCC4)cc3)ccc21. The van der Waals surface area contributed by atoms with Crippen LogP contribution in [0.1, 0.15) is 49.7 Å². The molecule has 3 heterocycles. The molecule has 0 spiro atoms. The second-order valence-corrected chi connectivity index (χ2v) is 12.1. The lowest BCUT2D eigenvalue weighted by atomic mass is 9.99. The van der Waals surface area contributed by atoms with Crippen LogP contribution >= 0.6 is 0 Å². The zero-order valence-electron chi connectivity index (χ0n) is 25.1. The first kappa shape index (κ1) is 28.5. The third-order valence-electron chi connectivity index (χ3n) is 9.16. The monoisotopic (exact) mass is 564 g/mol. The van der Waals surface area contributed by atoms with E-state index >= 15 is 0 Å². The van der Waals surface area contributed by atoms with E-state index in [1.807, 2.05) is 12.1 Å². The highest BCUT2D eigenvalue weighted by atomic mass is 16.5. The van der Waals surface area contributed by atoms with E-state index < -0.39 is 0 Å². The van der Waals surface area contributed by atoms with Gasteiger partial charge < -0.3 is 19.9 Å². The maximum Gasteiger partial charge on any atom is 0.251 e. The zero-order valence-corrected chi connectivity index (χ0v) is 25.1. The Kier molecular flexibility index (Phi) is 8.92. The molecule has 6 heteroatoms. The summed E-state index contributed by atoms with van der Waals surface area (Å²) in [6.07, 6.45) is 8.86. The van der Waals surface area contributed by atoms with Crippen molar-refractivity contribution in [3.8, 4) is 11.1 Å². The van der Waals surface area contributed by atoms with Gasteiger partial charge in [-0.1, -0.05) is 30.3 Å².